The number of nitrogens with zero attached hydrogens (tertiary/aromatic N) is 2. The Morgan fingerprint density at radius 2 is 1.89 bits per heavy atom. The van der Waals surface area contributed by atoms with Gasteiger partial charge in [-0.15, -0.1) is 0 Å². The van der Waals surface area contributed by atoms with Crippen LogP contribution in [-0.4, -0.2) is 24.7 Å². The van der Waals surface area contributed by atoms with Gasteiger partial charge in [0.1, 0.15) is 0 Å². The number of hydrogen-bond acceptors (Lipinski definition) is 2. The van der Waals surface area contributed by atoms with Gasteiger partial charge in [0.15, 0.2) is 5.84 Å². The van der Waals surface area contributed by atoms with Crippen molar-refractivity contribution in [1.29, 1.82) is 0 Å². The zero-order valence-electron chi connectivity index (χ0n) is 10.7. The van der Waals surface area contributed by atoms with E-state index in [1.165, 1.54) is 19.3 Å². The van der Waals surface area contributed by atoms with Gasteiger partial charge >= 0.3 is 0 Å². The highest BCUT2D eigenvalue weighted by Crippen LogP contribution is 2.29. The summed E-state index contributed by atoms with van der Waals surface area (Å²) in [7, 11) is 1.94. The molecule has 0 spiro atoms. The minimum Gasteiger partial charge on any atom is -0.326 e. The minimum absolute atomic E-state index is 0.0821. The molecule has 18 heavy (non-hydrogen) atoms. The molecular weight excluding hydrogens is 224 g/mol. The summed E-state index contributed by atoms with van der Waals surface area (Å²) in [6.45, 7) is 0. The van der Waals surface area contributed by atoms with Crippen LogP contribution in [0.4, 0.5) is 5.69 Å². The van der Waals surface area contributed by atoms with Crippen molar-refractivity contribution in [3.63, 3.8) is 0 Å². The van der Waals surface area contributed by atoms with E-state index in [4.69, 9.17) is 4.99 Å². The highest BCUT2D eigenvalue weighted by Gasteiger charge is 2.31. The molecule has 94 valence electrons. The predicted molar refractivity (Wildman–Crippen MR) is 73.5 cm³/mol. The smallest absolute Gasteiger partial charge is 0.230 e. The highest BCUT2D eigenvalue weighted by atomic mass is 16.1. The second-order valence-corrected chi connectivity index (χ2v) is 5.15. The molecule has 3 rings (SSSR count). The van der Waals surface area contributed by atoms with Gasteiger partial charge in [-0.05, 0) is 25.0 Å². The van der Waals surface area contributed by atoms with Gasteiger partial charge in [-0.25, -0.2) is 0 Å². The van der Waals surface area contributed by atoms with Gasteiger partial charge in [-0.1, -0.05) is 31.4 Å². The number of aliphatic imine (C=N–C) groups is 1. The van der Waals surface area contributed by atoms with Gasteiger partial charge in [-0.3, -0.25) is 9.79 Å². The summed E-state index contributed by atoms with van der Waals surface area (Å²) >= 11 is 0. The van der Waals surface area contributed by atoms with Gasteiger partial charge in [0.2, 0.25) is 5.78 Å². The molecule has 2 aliphatic rings. The summed E-state index contributed by atoms with van der Waals surface area (Å²) < 4.78 is 0. The number of fused-ring (bicyclic) bond motifs is 1. The molecule has 1 aliphatic heterocycles. The zero-order valence-corrected chi connectivity index (χ0v) is 10.7. The van der Waals surface area contributed by atoms with Crippen molar-refractivity contribution in [3.05, 3.63) is 29.8 Å². The molecule has 1 aromatic rings. The summed E-state index contributed by atoms with van der Waals surface area (Å²) in [6, 6.07) is 8.09. The first-order valence-electron chi connectivity index (χ1n) is 6.72. The molecule has 3 nitrogen and oxygen atoms in total. The van der Waals surface area contributed by atoms with E-state index in [1.54, 1.807) is 0 Å². The second-order valence-electron chi connectivity index (χ2n) is 5.15. The molecule has 0 atom stereocenters. The van der Waals surface area contributed by atoms with E-state index in [9.17, 15) is 4.79 Å². The molecule has 1 saturated carbocycles. The number of anilines is 1. The van der Waals surface area contributed by atoms with Gasteiger partial charge in [0.05, 0.1) is 11.7 Å². The number of carbonyl (C=O) groups excluding carboxylic acids is 1. The number of Topliss-reactive ketones (excluding diaryl/α,β-unsaturated/α-hetero) is 1. The Bertz CT molecular complexity index is 501. The van der Waals surface area contributed by atoms with E-state index in [1.807, 2.05) is 36.2 Å². The number of para-hydroxylation sites is 1. The van der Waals surface area contributed by atoms with Crippen LogP contribution in [0.1, 0.15) is 42.5 Å². The molecule has 1 heterocycles. The number of hydrogen-bond donors (Lipinski definition) is 0. The Balaban J connectivity index is 1.91. The lowest BCUT2D eigenvalue weighted by Crippen LogP contribution is -2.28. The van der Waals surface area contributed by atoms with Crippen molar-refractivity contribution >= 4 is 17.3 Å². The topological polar surface area (TPSA) is 32.7 Å². The molecule has 0 aromatic heterocycles. The summed E-state index contributed by atoms with van der Waals surface area (Å²) in [5.74, 6) is 0.710. The van der Waals surface area contributed by atoms with Gasteiger partial charge in [0.25, 0.3) is 0 Å². The van der Waals surface area contributed by atoms with Crippen molar-refractivity contribution in [2.24, 2.45) is 4.99 Å². The minimum atomic E-state index is 0.0821. The van der Waals surface area contributed by atoms with Crippen molar-refractivity contribution in [1.82, 2.24) is 0 Å². The standard InChI is InChI=1S/C15H18N2O/c1-17-13-10-6-5-9-12(13)14(18)15(17)16-11-7-3-2-4-8-11/h5-6,9-11H,2-4,7-8H2,1H3. The predicted octanol–water partition coefficient (Wildman–Crippen LogP) is 3.05. The van der Waals surface area contributed by atoms with E-state index in [0.29, 0.717) is 11.9 Å². The lowest BCUT2D eigenvalue weighted by molar-refractivity contribution is 0.106. The first-order chi connectivity index (χ1) is 8.77. The Hall–Kier alpha value is -1.64. The Morgan fingerprint density at radius 3 is 2.61 bits per heavy atom. The Kier molecular flexibility index (Phi) is 2.90. The molecule has 0 radical (unpaired) electrons. The lowest BCUT2D eigenvalue weighted by Gasteiger charge is -2.20. The second kappa shape index (κ2) is 4.56. The van der Waals surface area contributed by atoms with Crippen LogP contribution >= 0.6 is 0 Å². The third-order valence-electron chi connectivity index (χ3n) is 3.91. The molecule has 0 bridgehead atoms. The SMILES string of the molecule is CN1C(=NC2CCCCC2)C(=O)c2ccccc21. The first kappa shape index (κ1) is 11.5. The molecule has 0 amide bonds. The monoisotopic (exact) mass is 242 g/mol. The molecular formula is C15H18N2O. The Labute approximate surface area is 108 Å². The molecule has 3 heteroatoms. The number of ketones is 1. The third-order valence-corrected chi connectivity index (χ3v) is 3.91. The lowest BCUT2D eigenvalue weighted by atomic mass is 9.96. The fourth-order valence-corrected chi connectivity index (χ4v) is 2.87. The average Bonchev–Trinajstić information content (AvgIpc) is 2.66. The van der Waals surface area contributed by atoms with E-state index >= 15 is 0 Å². The number of amidine groups is 1. The van der Waals surface area contributed by atoms with Crippen LogP contribution in [0.3, 0.4) is 0 Å². The maximum Gasteiger partial charge on any atom is 0.230 e. The van der Waals surface area contributed by atoms with Crippen molar-refractivity contribution in [2.45, 2.75) is 38.1 Å². The van der Waals surface area contributed by atoms with Crippen LogP contribution in [0.15, 0.2) is 29.3 Å². The maximum absolute atomic E-state index is 12.3. The van der Waals surface area contributed by atoms with Crippen molar-refractivity contribution < 1.29 is 4.79 Å². The molecule has 0 unspecified atom stereocenters. The fourth-order valence-electron chi connectivity index (χ4n) is 2.87. The highest BCUT2D eigenvalue weighted by molar-refractivity contribution is 6.54. The van der Waals surface area contributed by atoms with Gasteiger partial charge < -0.3 is 4.90 Å². The number of rotatable bonds is 1. The number of carbonyl (C=O) groups is 1. The number of likely N-dealkylation sites (N-methyl/N-ethyl adjacent to an activating group) is 1. The quantitative estimate of drug-likeness (QED) is 0.758. The van der Waals surface area contributed by atoms with Crippen molar-refractivity contribution in [2.75, 3.05) is 11.9 Å². The van der Waals surface area contributed by atoms with E-state index in [-0.39, 0.29) is 5.78 Å². The zero-order chi connectivity index (χ0) is 12.5. The van der Waals surface area contributed by atoms with Crippen LogP contribution in [0.2, 0.25) is 0 Å². The van der Waals surface area contributed by atoms with E-state index in [0.717, 1.165) is 24.1 Å². The average molecular weight is 242 g/mol. The van der Waals surface area contributed by atoms with Crippen LogP contribution < -0.4 is 4.90 Å². The summed E-state index contributed by atoms with van der Waals surface area (Å²) in [6.07, 6.45) is 6.05. The molecule has 0 saturated heterocycles. The van der Waals surface area contributed by atoms with Gasteiger partial charge in [0, 0.05) is 12.6 Å². The van der Waals surface area contributed by atoms with Crippen LogP contribution in [0.25, 0.3) is 0 Å². The normalized spacial score (nSPS) is 22.6. The third kappa shape index (κ3) is 1.84. The summed E-state index contributed by atoms with van der Waals surface area (Å²) in [4.78, 5) is 18.9. The largest absolute Gasteiger partial charge is 0.326 e. The van der Waals surface area contributed by atoms with Crippen LogP contribution in [0, 0.1) is 0 Å². The molecule has 1 aromatic carbocycles. The molecule has 0 N–H and O–H groups in total. The van der Waals surface area contributed by atoms with Crippen LogP contribution in [-0.2, 0) is 0 Å². The Morgan fingerprint density at radius 1 is 1.17 bits per heavy atom. The number of benzene rings is 1. The summed E-state index contributed by atoms with van der Waals surface area (Å²) in [5, 5.41) is 0. The summed E-state index contributed by atoms with van der Waals surface area (Å²) in [5.41, 5.74) is 1.77. The van der Waals surface area contributed by atoms with E-state index < -0.39 is 0 Å². The molecule has 1 aliphatic carbocycles. The fraction of sp³-hybridized carbons (Fsp3) is 0.467. The first-order valence-corrected chi connectivity index (χ1v) is 6.72. The maximum atomic E-state index is 12.3. The van der Waals surface area contributed by atoms with Crippen molar-refractivity contribution in [3.8, 4) is 0 Å². The van der Waals surface area contributed by atoms with Gasteiger partial charge in [-0.2, -0.15) is 0 Å². The molecule has 1 fully saturated rings. The van der Waals surface area contributed by atoms with E-state index in [2.05, 4.69) is 0 Å². The van der Waals surface area contributed by atoms with Crippen LogP contribution in [0.5, 0.6) is 0 Å².